The lowest BCUT2D eigenvalue weighted by Crippen LogP contribution is -2.13. The number of hydrogen-bond acceptors (Lipinski definition) is 3. The van der Waals surface area contributed by atoms with E-state index in [4.69, 9.17) is 27.9 Å². The van der Waals surface area contributed by atoms with Gasteiger partial charge in [0.2, 0.25) is 0 Å². The van der Waals surface area contributed by atoms with Crippen molar-refractivity contribution in [1.29, 1.82) is 5.26 Å². The van der Waals surface area contributed by atoms with Crippen LogP contribution in [0.2, 0.25) is 10.0 Å². The summed E-state index contributed by atoms with van der Waals surface area (Å²) < 4.78 is 5.75. The van der Waals surface area contributed by atoms with Gasteiger partial charge in [-0.3, -0.25) is 4.79 Å². The van der Waals surface area contributed by atoms with Crippen LogP contribution < -0.4 is 10.1 Å². The van der Waals surface area contributed by atoms with Gasteiger partial charge in [-0.1, -0.05) is 53.5 Å². The molecule has 1 N–H and O–H groups in total. The van der Waals surface area contributed by atoms with Crippen LogP contribution in [-0.4, -0.2) is 5.91 Å². The lowest BCUT2D eigenvalue weighted by molar-refractivity contribution is -0.112. The number of benzene rings is 3. The Kier molecular flexibility index (Phi) is 7.13. The first-order valence-electron chi connectivity index (χ1n) is 9.11. The molecule has 0 aliphatic heterocycles. The first kappa shape index (κ1) is 21.4. The summed E-state index contributed by atoms with van der Waals surface area (Å²) in [4.78, 5) is 12.4. The number of rotatable bonds is 6. The number of anilines is 1. The first-order valence-corrected chi connectivity index (χ1v) is 9.87. The highest BCUT2D eigenvalue weighted by molar-refractivity contribution is 6.32. The second-order valence-corrected chi connectivity index (χ2v) is 7.44. The lowest BCUT2D eigenvalue weighted by Gasteiger charge is -2.09. The van der Waals surface area contributed by atoms with Crippen molar-refractivity contribution in [2.75, 3.05) is 5.32 Å². The van der Waals surface area contributed by atoms with Gasteiger partial charge in [-0.15, -0.1) is 0 Å². The quantitative estimate of drug-likeness (QED) is 0.357. The molecule has 30 heavy (non-hydrogen) atoms. The van der Waals surface area contributed by atoms with Crippen LogP contribution in [0.25, 0.3) is 6.08 Å². The molecule has 0 aliphatic carbocycles. The molecule has 150 valence electrons. The lowest BCUT2D eigenvalue weighted by atomic mass is 10.1. The number of halogens is 2. The number of amides is 1. The van der Waals surface area contributed by atoms with Crippen molar-refractivity contribution in [2.45, 2.75) is 13.5 Å². The number of ether oxygens (including phenoxy) is 1. The summed E-state index contributed by atoms with van der Waals surface area (Å²) in [6.07, 6.45) is 1.49. The van der Waals surface area contributed by atoms with Gasteiger partial charge in [-0.2, -0.15) is 5.26 Å². The maximum absolute atomic E-state index is 12.4. The van der Waals surface area contributed by atoms with Crippen LogP contribution in [0, 0.1) is 18.3 Å². The third-order valence-electron chi connectivity index (χ3n) is 4.22. The Bertz CT molecular complexity index is 1130. The second-order valence-electron chi connectivity index (χ2n) is 6.60. The molecule has 0 radical (unpaired) electrons. The van der Waals surface area contributed by atoms with Crippen LogP contribution in [0.1, 0.15) is 16.7 Å². The van der Waals surface area contributed by atoms with Crippen molar-refractivity contribution in [3.05, 3.63) is 99.0 Å². The number of nitrogens with zero attached hydrogens (tertiary/aromatic N) is 1. The molecule has 0 atom stereocenters. The Morgan fingerprint density at radius 2 is 1.87 bits per heavy atom. The smallest absolute Gasteiger partial charge is 0.266 e. The van der Waals surface area contributed by atoms with Gasteiger partial charge >= 0.3 is 0 Å². The van der Waals surface area contributed by atoms with Gasteiger partial charge < -0.3 is 10.1 Å². The number of carbonyl (C=O) groups excluding carboxylic acids is 1. The van der Waals surface area contributed by atoms with Crippen molar-refractivity contribution < 1.29 is 9.53 Å². The Morgan fingerprint density at radius 1 is 1.10 bits per heavy atom. The molecular weight excluding hydrogens is 419 g/mol. The predicted octanol–water partition coefficient (Wildman–Crippen LogP) is 6.43. The number of nitrogens with one attached hydrogen (secondary N) is 1. The number of carbonyl (C=O) groups is 1. The summed E-state index contributed by atoms with van der Waals surface area (Å²) in [7, 11) is 0. The van der Waals surface area contributed by atoms with E-state index < -0.39 is 5.91 Å². The molecule has 3 aromatic carbocycles. The summed E-state index contributed by atoms with van der Waals surface area (Å²) in [6.45, 7) is 2.27. The van der Waals surface area contributed by atoms with E-state index in [1.807, 2.05) is 43.3 Å². The minimum atomic E-state index is -0.484. The zero-order valence-electron chi connectivity index (χ0n) is 16.2. The third-order valence-corrected chi connectivity index (χ3v) is 4.76. The fraction of sp³-hybridized carbons (Fsp3) is 0.0833. The molecule has 0 bridgehead atoms. The number of nitriles is 1. The minimum absolute atomic E-state index is 0.0256. The SMILES string of the molecule is Cc1cccc(NC(=O)/C(C#N)=C/c2ccc(OCc3ccc(Cl)cc3)c(Cl)c2)c1. The Hall–Kier alpha value is -3.26. The van der Waals surface area contributed by atoms with Crippen molar-refractivity contribution in [3.63, 3.8) is 0 Å². The molecular formula is C24H18Cl2N2O2. The molecule has 6 heteroatoms. The van der Waals surface area contributed by atoms with E-state index in [0.717, 1.165) is 11.1 Å². The van der Waals surface area contributed by atoms with Crippen LogP contribution in [0.4, 0.5) is 5.69 Å². The van der Waals surface area contributed by atoms with Crippen LogP contribution >= 0.6 is 23.2 Å². The molecule has 3 aromatic rings. The van der Waals surface area contributed by atoms with Crippen LogP contribution in [0.5, 0.6) is 5.75 Å². The molecule has 0 spiro atoms. The Balaban J connectivity index is 1.70. The van der Waals surface area contributed by atoms with Crippen molar-refractivity contribution in [2.24, 2.45) is 0 Å². The third kappa shape index (κ3) is 5.87. The maximum atomic E-state index is 12.4. The van der Waals surface area contributed by atoms with E-state index >= 15 is 0 Å². The molecule has 0 fully saturated rings. The van der Waals surface area contributed by atoms with Gasteiger partial charge in [0.25, 0.3) is 5.91 Å². The highest BCUT2D eigenvalue weighted by Gasteiger charge is 2.11. The van der Waals surface area contributed by atoms with E-state index in [1.165, 1.54) is 6.08 Å². The maximum Gasteiger partial charge on any atom is 0.266 e. The molecule has 3 rings (SSSR count). The van der Waals surface area contributed by atoms with Gasteiger partial charge in [-0.05, 0) is 66.1 Å². The van der Waals surface area contributed by atoms with E-state index in [-0.39, 0.29) is 5.57 Å². The Morgan fingerprint density at radius 3 is 2.53 bits per heavy atom. The van der Waals surface area contributed by atoms with Gasteiger partial charge in [0.1, 0.15) is 24.0 Å². The summed E-state index contributed by atoms with van der Waals surface area (Å²) in [5, 5.41) is 13.2. The van der Waals surface area contributed by atoms with Gasteiger partial charge in [0.15, 0.2) is 0 Å². The fourth-order valence-electron chi connectivity index (χ4n) is 2.70. The summed E-state index contributed by atoms with van der Waals surface area (Å²) >= 11 is 12.2. The molecule has 0 unspecified atom stereocenters. The fourth-order valence-corrected chi connectivity index (χ4v) is 3.07. The first-order chi connectivity index (χ1) is 14.4. The standard InChI is InChI=1S/C24H18Cl2N2O2/c1-16-3-2-4-21(11-16)28-24(29)19(14-27)12-18-7-10-23(22(26)13-18)30-15-17-5-8-20(25)9-6-17/h2-13H,15H2,1H3,(H,28,29)/b19-12+. The average Bonchev–Trinajstić information content (AvgIpc) is 2.72. The van der Waals surface area contributed by atoms with E-state index in [0.29, 0.717) is 33.7 Å². The second kappa shape index (κ2) is 9.98. The summed E-state index contributed by atoms with van der Waals surface area (Å²) in [5.74, 6) is 0.0220. The highest BCUT2D eigenvalue weighted by Crippen LogP contribution is 2.27. The van der Waals surface area contributed by atoms with Gasteiger partial charge in [-0.25, -0.2) is 0 Å². The topological polar surface area (TPSA) is 62.1 Å². The van der Waals surface area contributed by atoms with Crippen LogP contribution in [-0.2, 0) is 11.4 Å². The van der Waals surface area contributed by atoms with Gasteiger partial charge in [0, 0.05) is 10.7 Å². The number of aryl methyl sites for hydroxylation is 1. The van der Waals surface area contributed by atoms with Crippen LogP contribution in [0.3, 0.4) is 0 Å². The minimum Gasteiger partial charge on any atom is -0.487 e. The average molecular weight is 437 g/mol. The molecule has 0 saturated heterocycles. The van der Waals surface area contributed by atoms with Gasteiger partial charge in [0.05, 0.1) is 5.02 Å². The molecule has 1 amide bonds. The molecule has 4 nitrogen and oxygen atoms in total. The zero-order valence-corrected chi connectivity index (χ0v) is 17.7. The summed E-state index contributed by atoms with van der Waals surface area (Å²) in [5.41, 5.74) is 3.19. The normalized spacial score (nSPS) is 10.9. The van der Waals surface area contributed by atoms with Crippen molar-refractivity contribution >= 4 is 40.9 Å². The van der Waals surface area contributed by atoms with E-state index in [1.54, 1.807) is 36.4 Å². The largest absolute Gasteiger partial charge is 0.487 e. The monoisotopic (exact) mass is 436 g/mol. The molecule has 0 saturated carbocycles. The van der Waals surface area contributed by atoms with Crippen LogP contribution in [0.15, 0.2) is 72.3 Å². The Labute approximate surface area is 185 Å². The van der Waals surface area contributed by atoms with E-state index in [2.05, 4.69) is 5.32 Å². The highest BCUT2D eigenvalue weighted by atomic mass is 35.5. The number of hydrogen-bond donors (Lipinski definition) is 1. The molecule has 0 heterocycles. The summed E-state index contributed by atoms with van der Waals surface area (Å²) in [6, 6.07) is 21.7. The molecule has 0 aliphatic rings. The van der Waals surface area contributed by atoms with Crippen molar-refractivity contribution in [1.82, 2.24) is 0 Å². The van der Waals surface area contributed by atoms with Crippen molar-refractivity contribution in [3.8, 4) is 11.8 Å². The van der Waals surface area contributed by atoms with E-state index in [9.17, 15) is 10.1 Å². The molecule has 0 aromatic heterocycles. The predicted molar refractivity (Wildman–Crippen MR) is 121 cm³/mol. The zero-order chi connectivity index (χ0) is 21.5.